The van der Waals surface area contributed by atoms with Crippen LogP contribution in [0.1, 0.15) is 19.3 Å². The molecule has 0 atom stereocenters. The Hall–Kier alpha value is -2.38. The molecule has 0 amide bonds. The lowest BCUT2D eigenvalue weighted by atomic mass is 9.69. The number of anilines is 1. The van der Waals surface area contributed by atoms with Gasteiger partial charge in [0.15, 0.2) is 0 Å². The molecular weight excluding hydrogens is 266 g/mol. The molecule has 2 N–H and O–H groups in total. The first-order valence-corrected chi connectivity index (χ1v) is 6.15. The number of aromatic nitrogens is 1. The highest BCUT2D eigenvalue weighted by molar-refractivity contribution is 5.76. The fourth-order valence-corrected chi connectivity index (χ4v) is 2.15. The van der Waals surface area contributed by atoms with Crippen LogP contribution >= 0.6 is 0 Å². The first-order valence-electron chi connectivity index (χ1n) is 6.15. The SMILES string of the molecule is COc1ccc([N+](=O)[O-])c(NCC2(C(=O)O)CCC2)n1. The van der Waals surface area contributed by atoms with E-state index in [9.17, 15) is 20.0 Å². The number of ether oxygens (including phenoxy) is 1. The number of carboxylic acids is 1. The van der Waals surface area contributed by atoms with Gasteiger partial charge in [-0.2, -0.15) is 4.98 Å². The Balaban J connectivity index is 2.19. The number of methoxy groups -OCH3 is 1. The van der Waals surface area contributed by atoms with Gasteiger partial charge in [-0.3, -0.25) is 14.9 Å². The Bertz CT molecular complexity index is 542. The predicted octanol–water partition coefficient (Wildman–Crippen LogP) is 1.67. The Kier molecular flexibility index (Phi) is 3.73. The maximum absolute atomic E-state index is 11.2. The van der Waals surface area contributed by atoms with Gasteiger partial charge < -0.3 is 15.2 Å². The van der Waals surface area contributed by atoms with Crippen LogP contribution in [0.25, 0.3) is 0 Å². The van der Waals surface area contributed by atoms with Crippen molar-refractivity contribution in [3.05, 3.63) is 22.2 Å². The van der Waals surface area contributed by atoms with Gasteiger partial charge in [0, 0.05) is 18.7 Å². The monoisotopic (exact) mass is 281 g/mol. The number of hydrogen-bond acceptors (Lipinski definition) is 6. The quantitative estimate of drug-likeness (QED) is 0.602. The smallest absolute Gasteiger partial charge is 0.311 e. The minimum atomic E-state index is -0.887. The summed E-state index contributed by atoms with van der Waals surface area (Å²) in [7, 11) is 1.41. The van der Waals surface area contributed by atoms with Crippen LogP contribution in [-0.2, 0) is 4.79 Å². The molecule has 0 aromatic carbocycles. The number of carbonyl (C=O) groups is 1. The van der Waals surface area contributed by atoms with Gasteiger partial charge in [0.25, 0.3) is 0 Å². The van der Waals surface area contributed by atoms with Crippen LogP contribution < -0.4 is 10.1 Å². The number of aliphatic carboxylic acids is 1. The average Bonchev–Trinajstić information content (AvgIpc) is 2.36. The Labute approximate surface area is 114 Å². The minimum absolute atomic E-state index is 0.0295. The summed E-state index contributed by atoms with van der Waals surface area (Å²) >= 11 is 0. The summed E-state index contributed by atoms with van der Waals surface area (Å²) in [4.78, 5) is 25.6. The van der Waals surface area contributed by atoms with Crippen molar-refractivity contribution in [2.75, 3.05) is 19.0 Å². The second-order valence-electron chi connectivity index (χ2n) is 4.77. The second kappa shape index (κ2) is 5.32. The summed E-state index contributed by atoms with van der Waals surface area (Å²) in [6.45, 7) is 0.114. The van der Waals surface area contributed by atoms with Crippen LogP contribution in [0.2, 0.25) is 0 Å². The average molecular weight is 281 g/mol. The van der Waals surface area contributed by atoms with Gasteiger partial charge >= 0.3 is 11.7 Å². The van der Waals surface area contributed by atoms with Crippen molar-refractivity contribution >= 4 is 17.5 Å². The van der Waals surface area contributed by atoms with E-state index in [1.165, 1.54) is 19.2 Å². The molecule has 0 aliphatic heterocycles. The molecule has 8 heteroatoms. The number of nitrogens with one attached hydrogen (secondary N) is 1. The van der Waals surface area contributed by atoms with E-state index in [0.717, 1.165) is 6.42 Å². The number of hydrogen-bond donors (Lipinski definition) is 2. The highest BCUT2D eigenvalue weighted by atomic mass is 16.6. The molecule has 2 rings (SSSR count). The fraction of sp³-hybridized carbons (Fsp3) is 0.500. The second-order valence-corrected chi connectivity index (χ2v) is 4.77. The van der Waals surface area contributed by atoms with Gasteiger partial charge in [-0.25, -0.2) is 0 Å². The van der Waals surface area contributed by atoms with Crippen molar-refractivity contribution < 1.29 is 19.6 Å². The molecule has 1 saturated carbocycles. The maximum atomic E-state index is 11.2. The van der Waals surface area contributed by atoms with Crippen molar-refractivity contribution in [3.8, 4) is 5.88 Å². The third kappa shape index (κ3) is 2.49. The number of carboxylic acid groups (broad SMARTS) is 1. The number of nitrogens with zero attached hydrogens (tertiary/aromatic N) is 2. The van der Waals surface area contributed by atoms with Crippen molar-refractivity contribution in [3.63, 3.8) is 0 Å². The first kappa shape index (κ1) is 14.0. The zero-order chi connectivity index (χ0) is 14.8. The third-order valence-electron chi connectivity index (χ3n) is 3.61. The number of nitro groups is 1. The van der Waals surface area contributed by atoms with Crippen LogP contribution in [0.3, 0.4) is 0 Å². The van der Waals surface area contributed by atoms with Gasteiger partial charge in [-0.05, 0) is 12.8 Å². The largest absolute Gasteiger partial charge is 0.481 e. The van der Waals surface area contributed by atoms with Crippen LogP contribution in [0.4, 0.5) is 11.5 Å². The molecular formula is C12H15N3O5. The van der Waals surface area contributed by atoms with E-state index in [-0.39, 0.29) is 23.9 Å². The van der Waals surface area contributed by atoms with Gasteiger partial charge in [-0.15, -0.1) is 0 Å². The molecule has 1 heterocycles. The van der Waals surface area contributed by atoms with Crippen molar-refractivity contribution in [1.29, 1.82) is 0 Å². The molecule has 8 nitrogen and oxygen atoms in total. The van der Waals surface area contributed by atoms with Crippen LogP contribution in [0.5, 0.6) is 5.88 Å². The molecule has 0 radical (unpaired) electrons. The van der Waals surface area contributed by atoms with E-state index >= 15 is 0 Å². The number of rotatable bonds is 6. The molecule has 1 fully saturated rings. The summed E-state index contributed by atoms with van der Waals surface area (Å²) in [6.07, 6.45) is 1.97. The Morgan fingerprint density at radius 3 is 2.75 bits per heavy atom. The standard InChI is InChI=1S/C12H15N3O5/c1-20-9-4-3-8(15(18)19)10(14-9)13-7-12(11(16)17)5-2-6-12/h3-4H,2,5-7H2,1H3,(H,13,14)(H,16,17). The molecule has 1 aromatic rings. The Morgan fingerprint density at radius 1 is 1.60 bits per heavy atom. The molecule has 1 aliphatic carbocycles. The lowest BCUT2D eigenvalue weighted by Gasteiger charge is -2.37. The maximum Gasteiger partial charge on any atom is 0.311 e. The van der Waals surface area contributed by atoms with Crippen LogP contribution in [0, 0.1) is 15.5 Å². The molecule has 20 heavy (non-hydrogen) atoms. The van der Waals surface area contributed by atoms with E-state index < -0.39 is 16.3 Å². The lowest BCUT2D eigenvalue weighted by molar-refractivity contribution is -0.384. The number of pyridine rings is 1. The summed E-state index contributed by atoms with van der Waals surface area (Å²) in [5.41, 5.74) is -1.05. The molecule has 0 bridgehead atoms. The highest BCUT2D eigenvalue weighted by Gasteiger charge is 2.44. The van der Waals surface area contributed by atoms with Crippen molar-refractivity contribution in [2.24, 2.45) is 5.41 Å². The zero-order valence-electron chi connectivity index (χ0n) is 11.0. The Morgan fingerprint density at radius 2 is 2.30 bits per heavy atom. The van der Waals surface area contributed by atoms with Crippen molar-refractivity contribution in [2.45, 2.75) is 19.3 Å². The van der Waals surface area contributed by atoms with E-state index in [1.54, 1.807) is 0 Å². The molecule has 1 aliphatic rings. The van der Waals surface area contributed by atoms with E-state index in [4.69, 9.17) is 4.74 Å². The summed E-state index contributed by atoms with van der Waals surface area (Å²) in [5, 5.41) is 22.9. The van der Waals surface area contributed by atoms with E-state index in [0.29, 0.717) is 12.8 Å². The molecule has 0 saturated heterocycles. The van der Waals surface area contributed by atoms with Gasteiger partial charge in [0.2, 0.25) is 11.7 Å². The third-order valence-corrected chi connectivity index (χ3v) is 3.61. The van der Waals surface area contributed by atoms with E-state index in [2.05, 4.69) is 10.3 Å². The fourth-order valence-electron chi connectivity index (χ4n) is 2.15. The first-order chi connectivity index (χ1) is 9.48. The van der Waals surface area contributed by atoms with Crippen LogP contribution in [-0.4, -0.2) is 34.6 Å². The van der Waals surface area contributed by atoms with Crippen LogP contribution in [0.15, 0.2) is 12.1 Å². The lowest BCUT2D eigenvalue weighted by Crippen LogP contribution is -2.43. The predicted molar refractivity (Wildman–Crippen MR) is 69.9 cm³/mol. The van der Waals surface area contributed by atoms with Gasteiger partial charge in [-0.1, -0.05) is 6.42 Å². The summed E-state index contributed by atoms with van der Waals surface area (Å²) < 4.78 is 4.92. The van der Waals surface area contributed by atoms with E-state index in [1.807, 2.05) is 0 Å². The summed E-state index contributed by atoms with van der Waals surface area (Å²) in [6, 6.07) is 2.67. The molecule has 1 aromatic heterocycles. The zero-order valence-corrected chi connectivity index (χ0v) is 11.0. The highest BCUT2D eigenvalue weighted by Crippen LogP contribution is 2.41. The topological polar surface area (TPSA) is 115 Å². The van der Waals surface area contributed by atoms with Gasteiger partial charge in [0.05, 0.1) is 17.4 Å². The normalized spacial score (nSPS) is 16.1. The molecule has 0 unspecified atom stereocenters. The van der Waals surface area contributed by atoms with Crippen molar-refractivity contribution in [1.82, 2.24) is 4.98 Å². The molecule has 108 valence electrons. The van der Waals surface area contributed by atoms with Gasteiger partial charge in [0.1, 0.15) is 0 Å². The minimum Gasteiger partial charge on any atom is -0.481 e. The summed E-state index contributed by atoms with van der Waals surface area (Å²) in [5.74, 6) is -0.625. The molecule has 0 spiro atoms.